The Balaban J connectivity index is 1.86. The van der Waals surface area contributed by atoms with Crippen LogP contribution in [0.3, 0.4) is 0 Å². The average Bonchev–Trinajstić information content (AvgIpc) is 2.94. The largest absolute Gasteiger partial charge is 0.319 e. The van der Waals surface area contributed by atoms with Crippen molar-refractivity contribution in [3.63, 3.8) is 0 Å². The molecule has 0 unspecified atom stereocenters. The first-order chi connectivity index (χ1) is 11.4. The Hall–Kier alpha value is -3.11. The van der Waals surface area contributed by atoms with E-state index in [-0.39, 0.29) is 10.7 Å². The number of benzene rings is 2. The van der Waals surface area contributed by atoms with Gasteiger partial charge in [0.25, 0.3) is 15.9 Å². The maximum absolute atomic E-state index is 12.2. The molecule has 2 N–H and O–H groups in total. The predicted octanol–water partition coefficient (Wildman–Crippen LogP) is 2.22. The molecule has 0 saturated carbocycles. The number of aromatic amines is 1. The molecule has 10 heteroatoms. The fourth-order valence-corrected chi connectivity index (χ4v) is 2.38. The van der Waals surface area contributed by atoms with Crippen LogP contribution in [0.2, 0.25) is 0 Å². The quantitative estimate of drug-likeness (QED) is 0.553. The van der Waals surface area contributed by atoms with Crippen LogP contribution >= 0.6 is 0 Å². The van der Waals surface area contributed by atoms with E-state index in [0.717, 1.165) is 0 Å². The molecule has 0 bridgehead atoms. The van der Waals surface area contributed by atoms with E-state index in [2.05, 4.69) is 20.5 Å². The molecule has 0 aliphatic heterocycles. The highest BCUT2D eigenvalue weighted by atomic mass is 32.2. The second kappa shape index (κ2) is 6.18. The van der Waals surface area contributed by atoms with Crippen molar-refractivity contribution >= 4 is 21.6 Å². The van der Waals surface area contributed by atoms with Gasteiger partial charge in [0.15, 0.2) is 0 Å². The van der Waals surface area contributed by atoms with Crippen LogP contribution in [-0.2, 0) is 10.1 Å². The minimum Gasteiger partial charge on any atom is -0.282 e. The van der Waals surface area contributed by atoms with Crippen LogP contribution in [-0.4, -0.2) is 28.0 Å². The number of azo groups is 1. The summed E-state index contributed by atoms with van der Waals surface area (Å²) in [6.07, 6.45) is 0. The Labute approximate surface area is 136 Å². The lowest BCUT2D eigenvalue weighted by Gasteiger charge is -1.97. The zero-order valence-corrected chi connectivity index (χ0v) is 12.9. The molecule has 3 aromatic rings. The minimum absolute atomic E-state index is 0.141. The van der Waals surface area contributed by atoms with Crippen molar-refractivity contribution in [2.24, 2.45) is 10.2 Å². The first-order valence-electron chi connectivity index (χ1n) is 6.67. The van der Waals surface area contributed by atoms with Crippen LogP contribution in [0.25, 0.3) is 5.69 Å². The summed E-state index contributed by atoms with van der Waals surface area (Å²) >= 11 is 0. The molecular weight excluding hydrogens is 334 g/mol. The molecule has 24 heavy (non-hydrogen) atoms. The van der Waals surface area contributed by atoms with Crippen molar-refractivity contribution in [1.29, 1.82) is 0 Å². The number of rotatable bonds is 4. The molecule has 0 radical (unpaired) electrons. The van der Waals surface area contributed by atoms with Gasteiger partial charge in [-0.1, -0.05) is 18.2 Å². The lowest BCUT2D eigenvalue weighted by atomic mass is 10.3. The average molecular weight is 345 g/mol. The van der Waals surface area contributed by atoms with E-state index in [0.29, 0.717) is 11.4 Å². The number of nitrogens with one attached hydrogen (secondary N) is 1. The third-order valence-electron chi connectivity index (χ3n) is 3.06. The molecule has 0 amide bonds. The number of hydrogen-bond donors (Lipinski definition) is 2. The number of para-hydroxylation sites is 1. The Kier molecular flexibility index (Phi) is 4.06. The van der Waals surface area contributed by atoms with Gasteiger partial charge in [0.05, 0.1) is 16.3 Å². The fourth-order valence-electron chi connectivity index (χ4n) is 1.90. The highest BCUT2D eigenvalue weighted by molar-refractivity contribution is 7.85. The summed E-state index contributed by atoms with van der Waals surface area (Å²) in [5.74, 6) is -0.141. The molecule has 2 aromatic carbocycles. The van der Waals surface area contributed by atoms with Crippen molar-refractivity contribution < 1.29 is 13.0 Å². The van der Waals surface area contributed by atoms with Gasteiger partial charge in [-0.25, -0.2) is 9.90 Å². The van der Waals surface area contributed by atoms with Crippen LogP contribution in [0.15, 0.2) is 74.5 Å². The standard InChI is InChI=1S/C14H11N5O4S/c20-14-13(17-18-19(14)11-4-2-1-3-5-11)16-15-10-6-8-12(9-7-10)24(21,22)23/h1-9,18H,(H,21,22,23). The molecular formula is C14H11N5O4S. The van der Waals surface area contributed by atoms with Gasteiger partial charge in [-0.3, -0.25) is 9.35 Å². The third kappa shape index (κ3) is 3.29. The summed E-state index contributed by atoms with van der Waals surface area (Å²) < 4.78 is 32.0. The summed E-state index contributed by atoms with van der Waals surface area (Å²) in [5, 5.41) is 13.9. The first kappa shape index (κ1) is 15.8. The lowest BCUT2D eigenvalue weighted by molar-refractivity contribution is 0.483. The van der Waals surface area contributed by atoms with E-state index >= 15 is 0 Å². The first-order valence-corrected chi connectivity index (χ1v) is 8.11. The van der Waals surface area contributed by atoms with Gasteiger partial charge in [-0.15, -0.1) is 15.3 Å². The second-order valence-corrected chi connectivity index (χ2v) is 6.10. The van der Waals surface area contributed by atoms with Crippen molar-refractivity contribution in [1.82, 2.24) is 15.0 Å². The Morgan fingerprint density at radius 1 is 1.00 bits per heavy atom. The van der Waals surface area contributed by atoms with Gasteiger partial charge < -0.3 is 0 Å². The smallest absolute Gasteiger partial charge is 0.282 e. The zero-order chi connectivity index (χ0) is 17.2. The van der Waals surface area contributed by atoms with E-state index in [1.54, 1.807) is 24.3 Å². The summed E-state index contributed by atoms with van der Waals surface area (Å²) in [7, 11) is -4.26. The molecule has 122 valence electrons. The van der Waals surface area contributed by atoms with Gasteiger partial charge >= 0.3 is 5.56 Å². The van der Waals surface area contributed by atoms with Crippen LogP contribution in [0.1, 0.15) is 0 Å². The highest BCUT2D eigenvalue weighted by Gasteiger charge is 2.10. The van der Waals surface area contributed by atoms with E-state index in [1.165, 1.54) is 28.9 Å². The molecule has 0 atom stereocenters. The number of H-pyrrole nitrogens is 1. The predicted molar refractivity (Wildman–Crippen MR) is 84.6 cm³/mol. The second-order valence-electron chi connectivity index (χ2n) is 4.68. The van der Waals surface area contributed by atoms with Crippen molar-refractivity contribution in [2.75, 3.05) is 0 Å². The monoisotopic (exact) mass is 345 g/mol. The van der Waals surface area contributed by atoms with Crippen molar-refractivity contribution in [3.05, 3.63) is 65.0 Å². The normalized spacial score (nSPS) is 11.9. The lowest BCUT2D eigenvalue weighted by Crippen LogP contribution is -2.13. The summed E-state index contributed by atoms with van der Waals surface area (Å²) in [4.78, 5) is 11.9. The molecule has 0 aliphatic rings. The van der Waals surface area contributed by atoms with Gasteiger partial charge in [-0.2, -0.15) is 8.42 Å². The van der Waals surface area contributed by atoms with E-state index in [1.807, 2.05) is 6.07 Å². The van der Waals surface area contributed by atoms with Crippen molar-refractivity contribution in [2.45, 2.75) is 4.90 Å². The van der Waals surface area contributed by atoms with Gasteiger partial charge in [0.2, 0.25) is 0 Å². The molecule has 0 fully saturated rings. The fraction of sp³-hybridized carbons (Fsp3) is 0. The van der Waals surface area contributed by atoms with Gasteiger partial charge in [0.1, 0.15) is 0 Å². The SMILES string of the molecule is O=c1c(N=Nc2ccc(S(=O)(=O)O)cc2)n[nH]n1-c1ccccc1. The molecule has 0 aliphatic carbocycles. The summed E-state index contributed by atoms with van der Waals surface area (Å²) in [5.41, 5.74) is 0.435. The number of hydrogen-bond acceptors (Lipinski definition) is 6. The molecule has 1 aromatic heterocycles. The summed E-state index contributed by atoms with van der Waals surface area (Å²) in [6.45, 7) is 0. The van der Waals surface area contributed by atoms with Crippen molar-refractivity contribution in [3.8, 4) is 5.69 Å². The van der Waals surface area contributed by atoms with Crippen LogP contribution in [0.4, 0.5) is 11.5 Å². The number of nitrogens with zero attached hydrogens (tertiary/aromatic N) is 4. The topological polar surface area (TPSA) is 130 Å². The molecule has 0 spiro atoms. The molecule has 9 nitrogen and oxygen atoms in total. The maximum atomic E-state index is 12.2. The maximum Gasteiger partial charge on any atom is 0.319 e. The molecule has 3 rings (SSSR count). The molecule has 0 saturated heterocycles. The Bertz CT molecular complexity index is 1040. The molecule has 1 heterocycles. The zero-order valence-electron chi connectivity index (χ0n) is 12.1. The third-order valence-corrected chi connectivity index (χ3v) is 3.93. The highest BCUT2D eigenvalue weighted by Crippen LogP contribution is 2.18. The number of aromatic nitrogens is 3. The Morgan fingerprint density at radius 2 is 1.67 bits per heavy atom. The van der Waals surface area contributed by atoms with Crippen LogP contribution in [0, 0.1) is 0 Å². The van der Waals surface area contributed by atoms with Gasteiger partial charge in [-0.05, 0) is 36.4 Å². The van der Waals surface area contributed by atoms with Crippen LogP contribution < -0.4 is 5.56 Å². The Morgan fingerprint density at radius 3 is 2.29 bits per heavy atom. The minimum atomic E-state index is -4.26. The van der Waals surface area contributed by atoms with Crippen LogP contribution in [0.5, 0.6) is 0 Å². The van der Waals surface area contributed by atoms with E-state index in [9.17, 15) is 13.2 Å². The van der Waals surface area contributed by atoms with E-state index < -0.39 is 15.7 Å². The van der Waals surface area contributed by atoms with Gasteiger partial charge in [0, 0.05) is 0 Å². The van der Waals surface area contributed by atoms with E-state index in [4.69, 9.17) is 4.55 Å². The summed E-state index contributed by atoms with van der Waals surface area (Å²) in [6, 6.07) is 13.9.